The van der Waals surface area contributed by atoms with Crippen molar-refractivity contribution < 1.29 is 9.53 Å². The average molecular weight is 351 g/mol. The van der Waals surface area contributed by atoms with Crippen LogP contribution in [0.15, 0.2) is 42.5 Å². The molecule has 2 nitrogen and oxygen atoms in total. The summed E-state index contributed by atoms with van der Waals surface area (Å²) in [7, 11) is 0. The third-order valence-electron chi connectivity index (χ3n) is 5.33. The molecule has 2 aromatic carbocycles. The van der Waals surface area contributed by atoms with E-state index in [1.54, 1.807) is 0 Å². The van der Waals surface area contributed by atoms with Gasteiger partial charge in [-0.3, -0.25) is 4.79 Å². The van der Waals surface area contributed by atoms with Crippen molar-refractivity contribution in [1.82, 2.24) is 0 Å². The van der Waals surface area contributed by atoms with Gasteiger partial charge < -0.3 is 4.74 Å². The lowest BCUT2D eigenvalue weighted by molar-refractivity contribution is -0.134. The molecule has 0 heterocycles. The molecule has 0 aliphatic heterocycles. The highest BCUT2D eigenvalue weighted by Crippen LogP contribution is 2.30. The zero-order chi connectivity index (χ0) is 18.4. The summed E-state index contributed by atoms with van der Waals surface area (Å²) in [6, 6.07) is 14.7. The van der Waals surface area contributed by atoms with Crippen molar-refractivity contribution in [2.75, 3.05) is 0 Å². The number of rotatable bonds is 7. The van der Waals surface area contributed by atoms with Crippen LogP contribution in [0.2, 0.25) is 0 Å². The Labute approximate surface area is 157 Å². The highest BCUT2D eigenvalue weighted by atomic mass is 16.5. The van der Waals surface area contributed by atoms with Gasteiger partial charge in [0, 0.05) is 6.42 Å². The number of carbonyl (C=O) groups excluding carboxylic acids is 1. The number of unbranched alkanes of at least 4 members (excludes halogenated alkanes) is 3. The topological polar surface area (TPSA) is 26.3 Å². The minimum absolute atomic E-state index is 0.128. The predicted octanol–water partition coefficient (Wildman–Crippen LogP) is 6.35. The summed E-state index contributed by atoms with van der Waals surface area (Å²) in [5.41, 5.74) is 5.41. The first-order chi connectivity index (χ1) is 12.7. The Hall–Kier alpha value is -2.09. The Morgan fingerprint density at radius 1 is 1.00 bits per heavy atom. The Kier molecular flexibility index (Phi) is 6.49. The molecule has 0 spiro atoms. The molecule has 2 aromatic rings. The summed E-state index contributed by atoms with van der Waals surface area (Å²) in [5, 5.41) is 0. The number of aryl methyl sites for hydroxylation is 1. The Morgan fingerprint density at radius 2 is 1.77 bits per heavy atom. The van der Waals surface area contributed by atoms with Crippen LogP contribution in [0, 0.1) is 5.92 Å². The van der Waals surface area contributed by atoms with Crippen LogP contribution < -0.4 is 4.74 Å². The number of hydrogen-bond donors (Lipinski definition) is 0. The largest absolute Gasteiger partial charge is 0.427 e. The van der Waals surface area contributed by atoms with E-state index in [1.807, 2.05) is 24.3 Å². The van der Waals surface area contributed by atoms with Crippen molar-refractivity contribution in [1.29, 1.82) is 0 Å². The van der Waals surface area contributed by atoms with Gasteiger partial charge in [0.2, 0.25) is 0 Å². The van der Waals surface area contributed by atoms with Crippen LogP contribution in [0.3, 0.4) is 0 Å². The van der Waals surface area contributed by atoms with Crippen molar-refractivity contribution >= 4 is 5.97 Å². The Bertz CT molecular complexity index is 730. The Morgan fingerprint density at radius 3 is 2.54 bits per heavy atom. The molecule has 1 unspecified atom stereocenters. The van der Waals surface area contributed by atoms with Gasteiger partial charge in [0.1, 0.15) is 5.75 Å². The van der Waals surface area contributed by atoms with Crippen LogP contribution in [0.4, 0.5) is 0 Å². The highest BCUT2D eigenvalue weighted by molar-refractivity contribution is 5.73. The first-order valence-electron chi connectivity index (χ1n) is 10.1. The molecule has 3 rings (SSSR count). The van der Waals surface area contributed by atoms with E-state index in [4.69, 9.17) is 4.74 Å². The van der Waals surface area contributed by atoms with Gasteiger partial charge in [-0.25, -0.2) is 0 Å². The zero-order valence-corrected chi connectivity index (χ0v) is 16.1. The minimum Gasteiger partial charge on any atom is -0.427 e. The maximum absolute atomic E-state index is 11.9. The molecule has 1 atom stereocenters. The number of ether oxygens (including phenoxy) is 1. The van der Waals surface area contributed by atoms with Crippen molar-refractivity contribution in [3.63, 3.8) is 0 Å². The number of benzene rings is 2. The quantitative estimate of drug-likeness (QED) is 0.330. The van der Waals surface area contributed by atoms with Crippen molar-refractivity contribution in [3.8, 4) is 16.9 Å². The summed E-state index contributed by atoms with van der Waals surface area (Å²) >= 11 is 0. The molecule has 138 valence electrons. The molecule has 0 fully saturated rings. The number of esters is 1. The van der Waals surface area contributed by atoms with E-state index in [0.717, 1.165) is 18.8 Å². The van der Waals surface area contributed by atoms with Gasteiger partial charge in [0.25, 0.3) is 0 Å². The van der Waals surface area contributed by atoms with Crippen LogP contribution in [0.25, 0.3) is 11.1 Å². The fourth-order valence-electron chi connectivity index (χ4n) is 3.71. The summed E-state index contributed by atoms with van der Waals surface area (Å²) in [6.45, 7) is 4.50. The summed E-state index contributed by atoms with van der Waals surface area (Å²) in [5.74, 6) is 1.31. The van der Waals surface area contributed by atoms with E-state index in [0.29, 0.717) is 12.2 Å². The summed E-state index contributed by atoms with van der Waals surface area (Å²) in [4.78, 5) is 11.9. The van der Waals surface area contributed by atoms with Gasteiger partial charge >= 0.3 is 5.97 Å². The highest BCUT2D eigenvalue weighted by Gasteiger charge is 2.15. The zero-order valence-electron chi connectivity index (χ0n) is 16.1. The predicted molar refractivity (Wildman–Crippen MR) is 107 cm³/mol. The molecule has 1 aliphatic rings. The minimum atomic E-state index is -0.128. The smallest absolute Gasteiger partial charge is 0.311 e. The Balaban J connectivity index is 1.60. The normalized spacial score (nSPS) is 16.2. The molecule has 1 aliphatic carbocycles. The van der Waals surface area contributed by atoms with Crippen LogP contribution in [0.1, 0.15) is 63.5 Å². The lowest BCUT2D eigenvalue weighted by atomic mass is 9.83. The van der Waals surface area contributed by atoms with E-state index < -0.39 is 0 Å². The SMILES string of the molecule is CCCCCCC(=O)Oc1ccc(-c2ccc3c(c2)CCC(C)C3)cc1. The molecule has 0 radical (unpaired) electrons. The third kappa shape index (κ3) is 4.97. The summed E-state index contributed by atoms with van der Waals surface area (Å²) < 4.78 is 5.45. The van der Waals surface area contributed by atoms with E-state index in [-0.39, 0.29) is 5.97 Å². The van der Waals surface area contributed by atoms with Gasteiger partial charge in [-0.1, -0.05) is 63.4 Å². The molecular formula is C24H30O2. The van der Waals surface area contributed by atoms with E-state index >= 15 is 0 Å². The van der Waals surface area contributed by atoms with Crippen LogP contribution in [-0.4, -0.2) is 5.97 Å². The molecule has 0 bridgehead atoms. The van der Waals surface area contributed by atoms with E-state index in [9.17, 15) is 4.79 Å². The number of carbonyl (C=O) groups is 1. The van der Waals surface area contributed by atoms with Crippen molar-refractivity contribution in [2.24, 2.45) is 5.92 Å². The molecular weight excluding hydrogens is 320 g/mol. The van der Waals surface area contributed by atoms with Crippen molar-refractivity contribution in [3.05, 3.63) is 53.6 Å². The van der Waals surface area contributed by atoms with E-state index in [2.05, 4.69) is 32.0 Å². The first kappa shape index (κ1) is 18.7. The van der Waals surface area contributed by atoms with Gasteiger partial charge in [0.15, 0.2) is 0 Å². The van der Waals surface area contributed by atoms with E-state index in [1.165, 1.54) is 54.4 Å². The van der Waals surface area contributed by atoms with Crippen LogP contribution in [-0.2, 0) is 17.6 Å². The van der Waals surface area contributed by atoms with Gasteiger partial charge in [-0.15, -0.1) is 0 Å². The second kappa shape index (κ2) is 9.02. The standard InChI is InChI=1S/C24H30O2/c1-3-4-5-6-7-24(25)26-23-14-12-19(13-15-23)21-11-10-20-16-18(2)8-9-22(20)17-21/h10-15,17-18H,3-9,16H2,1-2H3. The van der Waals surface area contributed by atoms with Crippen molar-refractivity contribution in [2.45, 2.75) is 65.2 Å². The van der Waals surface area contributed by atoms with Gasteiger partial charge in [0.05, 0.1) is 0 Å². The molecule has 0 saturated carbocycles. The average Bonchev–Trinajstić information content (AvgIpc) is 2.65. The summed E-state index contributed by atoms with van der Waals surface area (Å²) in [6.07, 6.45) is 8.54. The van der Waals surface area contributed by atoms with Gasteiger partial charge in [-0.2, -0.15) is 0 Å². The molecule has 26 heavy (non-hydrogen) atoms. The fourth-order valence-corrected chi connectivity index (χ4v) is 3.71. The third-order valence-corrected chi connectivity index (χ3v) is 5.33. The molecule has 2 heteroatoms. The maximum atomic E-state index is 11.9. The monoisotopic (exact) mass is 350 g/mol. The lowest BCUT2D eigenvalue weighted by Crippen LogP contribution is -2.11. The molecule has 0 aromatic heterocycles. The first-order valence-corrected chi connectivity index (χ1v) is 10.1. The molecule has 0 saturated heterocycles. The second-order valence-corrected chi connectivity index (χ2v) is 7.64. The molecule has 0 N–H and O–H groups in total. The second-order valence-electron chi connectivity index (χ2n) is 7.64. The van der Waals surface area contributed by atoms with Crippen LogP contribution in [0.5, 0.6) is 5.75 Å². The maximum Gasteiger partial charge on any atom is 0.311 e. The number of fused-ring (bicyclic) bond motifs is 1. The molecule has 0 amide bonds. The number of hydrogen-bond acceptors (Lipinski definition) is 2. The van der Waals surface area contributed by atoms with Crippen LogP contribution >= 0.6 is 0 Å². The van der Waals surface area contributed by atoms with Gasteiger partial charge in [-0.05, 0) is 66.0 Å². The lowest BCUT2D eigenvalue weighted by Gasteiger charge is -2.22. The fraction of sp³-hybridized carbons (Fsp3) is 0.458.